The van der Waals surface area contributed by atoms with Crippen LogP contribution >= 0.6 is 0 Å². The summed E-state index contributed by atoms with van der Waals surface area (Å²) in [5.41, 5.74) is -1.30. The van der Waals surface area contributed by atoms with Crippen LogP contribution in [-0.2, 0) is 9.59 Å². The summed E-state index contributed by atoms with van der Waals surface area (Å²) in [5.74, 6) is 0.320. The second-order valence-electron chi connectivity index (χ2n) is 5.41. The lowest BCUT2D eigenvalue weighted by molar-refractivity contribution is -0.127. The Labute approximate surface area is 95.5 Å². The van der Waals surface area contributed by atoms with Crippen LogP contribution in [-0.4, -0.2) is 23.3 Å². The van der Waals surface area contributed by atoms with Gasteiger partial charge >= 0.3 is 0 Å². The zero-order valence-corrected chi connectivity index (χ0v) is 9.61. The lowest BCUT2D eigenvalue weighted by Crippen LogP contribution is -2.46. The van der Waals surface area contributed by atoms with Crippen LogP contribution in [0.15, 0.2) is 11.6 Å². The van der Waals surface area contributed by atoms with Crippen molar-refractivity contribution in [2.45, 2.75) is 44.6 Å². The van der Waals surface area contributed by atoms with E-state index in [4.69, 9.17) is 0 Å². The minimum atomic E-state index is -1.54. The van der Waals surface area contributed by atoms with Gasteiger partial charge in [0.1, 0.15) is 11.9 Å². The van der Waals surface area contributed by atoms with Gasteiger partial charge in [-0.2, -0.15) is 0 Å². The lowest BCUT2D eigenvalue weighted by atomic mass is 9.59. The van der Waals surface area contributed by atoms with E-state index in [0.29, 0.717) is 24.9 Å². The number of rotatable bonds is 2. The van der Waals surface area contributed by atoms with Crippen molar-refractivity contribution in [3.63, 3.8) is 0 Å². The van der Waals surface area contributed by atoms with Crippen LogP contribution in [0.4, 0.5) is 0 Å². The van der Waals surface area contributed by atoms with E-state index >= 15 is 0 Å². The Morgan fingerprint density at radius 2 is 2.19 bits per heavy atom. The third kappa shape index (κ3) is 1.63. The van der Waals surface area contributed by atoms with Gasteiger partial charge < -0.3 is 5.11 Å². The van der Waals surface area contributed by atoms with Crippen LogP contribution in [0.25, 0.3) is 0 Å². The van der Waals surface area contributed by atoms with Crippen molar-refractivity contribution in [2.75, 3.05) is 0 Å². The zero-order chi connectivity index (χ0) is 11.8. The summed E-state index contributed by atoms with van der Waals surface area (Å²) in [7, 11) is 0. The van der Waals surface area contributed by atoms with Gasteiger partial charge in [-0.1, -0.05) is 25.8 Å². The first-order valence-electron chi connectivity index (χ1n) is 5.91. The maximum absolute atomic E-state index is 11.0. The van der Waals surface area contributed by atoms with Gasteiger partial charge in [0.25, 0.3) is 0 Å². The van der Waals surface area contributed by atoms with E-state index in [2.05, 4.69) is 6.92 Å². The van der Waals surface area contributed by atoms with Gasteiger partial charge in [-0.15, -0.1) is 0 Å². The Morgan fingerprint density at radius 1 is 1.44 bits per heavy atom. The number of aldehydes is 2. The Hall–Kier alpha value is -0.960. The largest absolute Gasteiger partial charge is 0.377 e. The molecule has 0 spiro atoms. The van der Waals surface area contributed by atoms with E-state index < -0.39 is 5.60 Å². The molecule has 0 amide bonds. The predicted octanol–water partition coefficient (Wildman–Crippen LogP) is 1.64. The van der Waals surface area contributed by atoms with Crippen molar-refractivity contribution in [3.05, 3.63) is 11.6 Å². The smallest absolute Gasteiger partial charge is 0.156 e. The number of hydrogen-bond acceptors (Lipinski definition) is 3. The molecule has 2 aliphatic carbocycles. The van der Waals surface area contributed by atoms with Gasteiger partial charge in [-0.3, -0.25) is 9.59 Å². The van der Waals surface area contributed by atoms with Crippen molar-refractivity contribution >= 4 is 12.6 Å². The van der Waals surface area contributed by atoms with Gasteiger partial charge in [0.2, 0.25) is 0 Å². The van der Waals surface area contributed by atoms with E-state index in [9.17, 15) is 14.7 Å². The van der Waals surface area contributed by atoms with Crippen molar-refractivity contribution in [2.24, 2.45) is 11.3 Å². The summed E-state index contributed by atoms with van der Waals surface area (Å²) in [6.45, 7) is 2.13. The first-order valence-corrected chi connectivity index (χ1v) is 5.91. The molecule has 0 aliphatic heterocycles. The maximum Gasteiger partial charge on any atom is 0.156 e. The molecule has 3 nitrogen and oxygen atoms in total. The SMILES string of the molecule is C[C@]12C=C(C=O)[C@](O)(C=O)C[C@@H]1CCCC2. The molecule has 0 aromatic carbocycles. The summed E-state index contributed by atoms with van der Waals surface area (Å²) in [4.78, 5) is 21.9. The molecule has 0 radical (unpaired) electrons. The fourth-order valence-electron chi connectivity index (χ4n) is 3.18. The summed E-state index contributed by atoms with van der Waals surface area (Å²) < 4.78 is 0. The molecule has 0 aromatic heterocycles. The molecule has 1 fully saturated rings. The van der Waals surface area contributed by atoms with Crippen LogP contribution in [0.5, 0.6) is 0 Å². The summed E-state index contributed by atoms with van der Waals surface area (Å²) in [6, 6.07) is 0. The van der Waals surface area contributed by atoms with Gasteiger partial charge in [0.15, 0.2) is 6.29 Å². The molecule has 3 heteroatoms. The fourth-order valence-corrected chi connectivity index (χ4v) is 3.18. The van der Waals surface area contributed by atoms with Crippen LogP contribution in [0.3, 0.4) is 0 Å². The second kappa shape index (κ2) is 3.81. The van der Waals surface area contributed by atoms with Crippen molar-refractivity contribution < 1.29 is 14.7 Å². The highest BCUT2D eigenvalue weighted by Crippen LogP contribution is 2.50. The number of fused-ring (bicyclic) bond motifs is 1. The summed E-state index contributed by atoms with van der Waals surface area (Å²) >= 11 is 0. The summed E-state index contributed by atoms with van der Waals surface area (Å²) in [5, 5.41) is 10.1. The normalized spacial score (nSPS) is 43.1. The number of carbonyl (C=O) groups excluding carboxylic acids is 2. The first kappa shape index (κ1) is 11.5. The van der Waals surface area contributed by atoms with Crippen LogP contribution in [0.1, 0.15) is 39.0 Å². The lowest BCUT2D eigenvalue weighted by Gasteiger charge is -2.46. The number of aliphatic hydroxyl groups is 1. The Balaban J connectivity index is 2.42. The Bertz CT molecular complexity index is 347. The van der Waals surface area contributed by atoms with E-state index in [1.807, 2.05) is 6.08 Å². The fraction of sp³-hybridized carbons (Fsp3) is 0.692. The molecular weight excluding hydrogens is 204 g/mol. The van der Waals surface area contributed by atoms with Crippen LogP contribution in [0, 0.1) is 11.3 Å². The van der Waals surface area contributed by atoms with Crippen LogP contribution in [0.2, 0.25) is 0 Å². The third-order valence-electron chi connectivity index (χ3n) is 4.32. The van der Waals surface area contributed by atoms with Gasteiger partial charge in [0.05, 0.1) is 0 Å². The van der Waals surface area contributed by atoms with Gasteiger partial charge in [-0.25, -0.2) is 0 Å². The number of carbonyl (C=O) groups is 2. The minimum absolute atomic E-state index is 0.0102. The first-order chi connectivity index (χ1) is 7.54. The molecule has 2 rings (SSSR count). The molecule has 3 atom stereocenters. The highest BCUT2D eigenvalue weighted by molar-refractivity contribution is 5.87. The monoisotopic (exact) mass is 222 g/mol. The average molecular weight is 222 g/mol. The molecule has 0 bridgehead atoms. The van der Waals surface area contributed by atoms with Gasteiger partial charge in [0, 0.05) is 5.57 Å². The molecule has 0 heterocycles. The van der Waals surface area contributed by atoms with Gasteiger partial charge in [-0.05, 0) is 30.6 Å². The van der Waals surface area contributed by atoms with E-state index in [1.165, 1.54) is 0 Å². The van der Waals surface area contributed by atoms with E-state index in [-0.39, 0.29) is 11.0 Å². The Morgan fingerprint density at radius 3 is 2.81 bits per heavy atom. The molecule has 0 aromatic rings. The molecule has 2 aliphatic rings. The number of allylic oxidation sites excluding steroid dienone is 1. The van der Waals surface area contributed by atoms with Crippen molar-refractivity contribution in [1.29, 1.82) is 0 Å². The maximum atomic E-state index is 11.0. The van der Waals surface area contributed by atoms with Crippen molar-refractivity contribution in [3.8, 4) is 0 Å². The van der Waals surface area contributed by atoms with E-state index in [0.717, 1.165) is 25.7 Å². The Kier molecular flexibility index (Phi) is 2.74. The molecular formula is C13H18O3. The molecule has 0 unspecified atom stereocenters. The molecule has 1 N–H and O–H groups in total. The second-order valence-corrected chi connectivity index (χ2v) is 5.41. The van der Waals surface area contributed by atoms with Crippen LogP contribution < -0.4 is 0 Å². The minimum Gasteiger partial charge on any atom is -0.377 e. The highest BCUT2D eigenvalue weighted by atomic mass is 16.3. The predicted molar refractivity (Wildman–Crippen MR) is 59.8 cm³/mol. The summed E-state index contributed by atoms with van der Waals surface area (Å²) in [6.07, 6.45) is 7.78. The van der Waals surface area contributed by atoms with Crippen molar-refractivity contribution in [1.82, 2.24) is 0 Å². The zero-order valence-electron chi connectivity index (χ0n) is 9.61. The third-order valence-corrected chi connectivity index (χ3v) is 4.32. The average Bonchev–Trinajstić information content (AvgIpc) is 2.29. The highest BCUT2D eigenvalue weighted by Gasteiger charge is 2.47. The quantitative estimate of drug-likeness (QED) is 0.723. The topological polar surface area (TPSA) is 54.4 Å². The molecule has 1 saturated carbocycles. The standard InChI is InChI=1S/C13H18O3/c1-12-5-3-2-4-10(12)7-13(16,9-15)11(6-12)8-14/h6,8-10,16H,2-5,7H2,1H3/t10-,12-,13+/m0/s1. The molecule has 0 saturated heterocycles. The van der Waals surface area contributed by atoms with E-state index in [1.54, 1.807) is 0 Å². The molecule has 16 heavy (non-hydrogen) atoms. The molecule has 88 valence electrons. The number of hydrogen-bond donors (Lipinski definition) is 1.